The molecule has 4 rings (SSSR count). The van der Waals surface area contributed by atoms with Crippen molar-refractivity contribution in [1.29, 1.82) is 0 Å². The standard InChI is InChI=1S/C23H15ClO5/c24-16-8-6-15(7-9-16)22-13-20(25)19-12-18(10-11-21(19)29-22)28-23(26)14-27-17-4-2-1-3-5-17/h1-13H,14H2. The van der Waals surface area contributed by atoms with Gasteiger partial charge in [0.05, 0.1) is 5.39 Å². The van der Waals surface area contributed by atoms with Crippen LogP contribution in [0.4, 0.5) is 0 Å². The molecule has 0 aliphatic heterocycles. The van der Waals surface area contributed by atoms with Gasteiger partial charge in [0, 0.05) is 16.7 Å². The van der Waals surface area contributed by atoms with Gasteiger partial charge in [-0.3, -0.25) is 4.79 Å². The highest BCUT2D eigenvalue weighted by Crippen LogP contribution is 2.25. The third kappa shape index (κ3) is 4.47. The molecule has 0 amide bonds. The average molecular weight is 407 g/mol. The van der Waals surface area contributed by atoms with Gasteiger partial charge in [-0.15, -0.1) is 0 Å². The number of ether oxygens (including phenoxy) is 2. The number of carbonyl (C=O) groups excluding carboxylic acids is 1. The van der Waals surface area contributed by atoms with Gasteiger partial charge in [0.15, 0.2) is 12.0 Å². The van der Waals surface area contributed by atoms with Gasteiger partial charge in [0.1, 0.15) is 22.8 Å². The first kappa shape index (κ1) is 18.8. The lowest BCUT2D eigenvalue weighted by Gasteiger charge is -2.08. The van der Waals surface area contributed by atoms with Crippen molar-refractivity contribution in [2.75, 3.05) is 6.61 Å². The van der Waals surface area contributed by atoms with Crippen molar-refractivity contribution in [3.05, 3.63) is 94.1 Å². The molecule has 1 aromatic heterocycles. The zero-order chi connectivity index (χ0) is 20.2. The number of halogens is 1. The molecule has 5 nitrogen and oxygen atoms in total. The normalized spacial score (nSPS) is 10.7. The molecule has 1 heterocycles. The summed E-state index contributed by atoms with van der Waals surface area (Å²) in [5.74, 6) is 0.666. The minimum Gasteiger partial charge on any atom is -0.482 e. The fraction of sp³-hybridized carbons (Fsp3) is 0.0435. The fourth-order valence-corrected chi connectivity index (χ4v) is 2.90. The third-order valence-electron chi connectivity index (χ3n) is 4.16. The Bertz CT molecular complexity index is 1210. The van der Waals surface area contributed by atoms with Crippen molar-refractivity contribution in [3.63, 3.8) is 0 Å². The van der Waals surface area contributed by atoms with Crippen molar-refractivity contribution in [2.24, 2.45) is 0 Å². The van der Waals surface area contributed by atoms with Crippen molar-refractivity contribution in [3.8, 4) is 22.8 Å². The molecular weight excluding hydrogens is 392 g/mol. The highest BCUT2D eigenvalue weighted by molar-refractivity contribution is 6.30. The van der Waals surface area contributed by atoms with Gasteiger partial charge >= 0.3 is 5.97 Å². The van der Waals surface area contributed by atoms with Crippen molar-refractivity contribution in [1.82, 2.24) is 0 Å². The lowest BCUT2D eigenvalue weighted by molar-refractivity contribution is -0.136. The van der Waals surface area contributed by atoms with Gasteiger partial charge in [0.25, 0.3) is 0 Å². The molecule has 0 radical (unpaired) electrons. The van der Waals surface area contributed by atoms with E-state index in [0.717, 1.165) is 5.56 Å². The van der Waals surface area contributed by atoms with Crippen LogP contribution in [-0.4, -0.2) is 12.6 Å². The van der Waals surface area contributed by atoms with Gasteiger partial charge in [-0.1, -0.05) is 29.8 Å². The Hall–Kier alpha value is -3.57. The maximum absolute atomic E-state index is 12.5. The maximum Gasteiger partial charge on any atom is 0.349 e. The van der Waals surface area contributed by atoms with Crippen LogP contribution in [0, 0.1) is 0 Å². The summed E-state index contributed by atoms with van der Waals surface area (Å²) >= 11 is 5.90. The van der Waals surface area contributed by atoms with Crippen molar-refractivity contribution in [2.45, 2.75) is 0 Å². The van der Waals surface area contributed by atoms with Crippen LogP contribution in [-0.2, 0) is 4.79 Å². The third-order valence-corrected chi connectivity index (χ3v) is 4.41. The molecule has 0 atom stereocenters. The molecule has 29 heavy (non-hydrogen) atoms. The highest BCUT2D eigenvalue weighted by atomic mass is 35.5. The Morgan fingerprint density at radius 1 is 0.897 bits per heavy atom. The minimum atomic E-state index is -0.574. The van der Waals surface area contributed by atoms with Crippen LogP contribution in [0.1, 0.15) is 0 Å². The molecule has 0 fully saturated rings. The first-order valence-corrected chi connectivity index (χ1v) is 9.19. The van der Waals surface area contributed by atoms with Gasteiger partial charge < -0.3 is 13.9 Å². The molecule has 144 valence electrons. The first-order chi connectivity index (χ1) is 14.1. The van der Waals surface area contributed by atoms with Gasteiger partial charge in [-0.25, -0.2) is 4.79 Å². The van der Waals surface area contributed by atoms with E-state index >= 15 is 0 Å². The zero-order valence-electron chi connectivity index (χ0n) is 15.1. The van der Waals surface area contributed by atoms with E-state index in [9.17, 15) is 9.59 Å². The monoisotopic (exact) mass is 406 g/mol. The summed E-state index contributed by atoms with van der Waals surface area (Å²) in [4.78, 5) is 24.6. The van der Waals surface area contributed by atoms with E-state index in [4.69, 9.17) is 25.5 Å². The molecule has 0 saturated carbocycles. The Kier molecular flexibility index (Phi) is 5.31. The van der Waals surface area contributed by atoms with Crippen LogP contribution in [0.15, 0.2) is 88.1 Å². The maximum atomic E-state index is 12.5. The number of benzene rings is 3. The smallest absolute Gasteiger partial charge is 0.349 e. The van der Waals surface area contributed by atoms with Gasteiger partial charge in [-0.05, 0) is 54.6 Å². The molecule has 0 aliphatic carbocycles. The number of hydrogen-bond donors (Lipinski definition) is 0. The Morgan fingerprint density at radius 3 is 2.41 bits per heavy atom. The largest absolute Gasteiger partial charge is 0.482 e. The number of fused-ring (bicyclic) bond motifs is 1. The molecule has 0 spiro atoms. The van der Waals surface area contributed by atoms with Gasteiger partial charge in [-0.2, -0.15) is 0 Å². The van der Waals surface area contributed by atoms with Crippen LogP contribution in [0.5, 0.6) is 11.5 Å². The van der Waals surface area contributed by atoms with Crippen LogP contribution in [0.3, 0.4) is 0 Å². The number of rotatable bonds is 5. The summed E-state index contributed by atoms with van der Waals surface area (Å²) in [5.41, 5.74) is 0.888. The molecule has 0 saturated heterocycles. The van der Waals surface area contributed by atoms with Crippen LogP contribution < -0.4 is 14.9 Å². The first-order valence-electron chi connectivity index (χ1n) is 8.81. The summed E-state index contributed by atoms with van der Waals surface area (Å²) in [7, 11) is 0. The predicted molar refractivity (Wildman–Crippen MR) is 111 cm³/mol. The van der Waals surface area contributed by atoms with E-state index in [-0.39, 0.29) is 17.8 Å². The lowest BCUT2D eigenvalue weighted by atomic mass is 10.1. The summed E-state index contributed by atoms with van der Waals surface area (Å²) in [5, 5.41) is 0.913. The Morgan fingerprint density at radius 2 is 1.66 bits per heavy atom. The summed E-state index contributed by atoms with van der Waals surface area (Å²) in [6.45, 7) is -0.244. The quantitative estimate of drug-likeness (QED) is 0.341. The van der Waals surface area contributed by atoms with Crippen molar-refractivity contribution >= 4 is 28.5 Å². The zero-order valence-corrected chi connectivity index (χ0v) is 15.9. The second kappa shape index (κ2) is 8.20. The van der Waals surface area contributed by atoms with Crippen LogP contribution in [0.2, 0.25) is 5.02 Å². The molecule has 0 bridgehead atoms. The molecule has 4 aromatic rings. The molecule has 0 unspecified atom stereocenters. The Labute approximate surface area is 171 Å². The van der Waals surface area contributed by atoms with E-state index in [1.54, 1.807) is 48.5 Å². The molecule has 0 N–H and O–H groups in total. The Balaban J connectivity index is 1.52. The minimum absolute atomic E-state index is 0.241. The lowest BCUT2D eigenvalue weighted by Crippen LogP contribution is -2.17. The summed E-state index contributed by atoms with van der Waals surface area (Å²) in [6, 6.07) is 22.0. The van der Waals surface area contributed by atoms with E-state index in [1.807, 2.05) is 18.2 Å². The van der Waals surface area contributed by atoms with E-state index < -0.39 is 5.97 Å². The highest BCUT2D eigenvalue weighted by Gasteiger charge is 2.11. The van der Waals surface area contributed by atoms with Gasteiger partial charge in [0.2, 0.25) is 0 Å². The average Bonchev–Trinajstić information content (AvgIpc) is 2.74. The van der Waals surface area contributed by atoms with E-state index in [0.29, 0.717) is 27.5 Å². The molecule has 6 heteroatoms. The van der Waals surface area contributed by atoms with Crippen molar-refractivity contribution < 1.29 is 18.7 Å². The number of para-hydroxylation sites is 1. The van der Waals surface area contributed by atoms with Crippen LogP contribution >= 0.6 is 11.6 Å². The van der Waals surface area contributed by atoms with Crippen LogP contribution in [0.25, 0.3) is 22.3 Å². The summed E-state index contributed by atoms with van der Waals surface area (Å²) < 4.78 is 16.5. The fourth-order valence-electron chi connectivity index (χ4n) is 2.78. The second-order valence-corrected chi connectivity index (χ2v) is 6.65. The molecule has 0 aliphatic rings. The number of hydrogen-bond acceptors (Lipinski definition) is 5. The van der Waals surface area contributed by atoms with E-state index in [2.05, 4.69) is 0 Å². The SMILES string of the molecule is O=C(COc1ccccc1)Oc1ccc2oc(-c3ccc(Cl)cc3)cc(=O)c2c1. The predicted octanol–water partition coefficient (Wildman–Crippen LogP) is 5.10. The number of carbonyl (C=O) groups is 1. The van der Waals surface area contributed by atoms with E-state index in [1.165, 1.54) is 12.1 Å². The molecular formula is C23H15ClO5. The number of esters is 1. The summed E-state index contributed by atoms with van der Waals surface area (Å²) in [6.07, 6.45) is 0. The topological polar surface area (TPSA) is 65.7 Å². The second-order valence-electron chi connectivity index (χ2n) is 6.22. The molecule has 3 aromatic carbocycles.